The molecule has 0 aromatic rings. The molecule has 0 aromatic heterocycles. The van der Waals surface area contributed by atoms with Crippen LogP contribution in [0.1, 0.15) is 33.6 Å². The van der Waals surface area contributed by atoms with E-state index in [1.807, 2.05) is 0 Å². The van der Waals surface area contributed by atoms with Gasteiger partial charge in [-0.2, -0.15) is 0 Å². The highest BCUT2D eigenvalue weighted by Crippen LogP contribution is 2.35. The minimum atomic E-state index is -1.17. The summed E-state index contributed by atoms with van der Waals surface area (Å²) >= 11 is 0. The van der Waals surface area contributed by atoms with Gasteiger partial charge in [0.1, 0.15) is 5.67 Å². The number of hydrogen-bond acceptors (Lipinski definition) is 1. The minimum absolute atomic E-state index is 0.162. The molecule has 2 unspecified atom stereocenters. The van der Waals surface area contributed by atoms with Gasteiger partial charge in [-0.25, -0.2) is 4.39 Å². The SMILES string of the molecule is C=CC1(F)CN(C(C)C)CCC1CC. The number of hydrogen-bond donors (Lipinski definition) is 0. The van der Waals surface area contributed by atoms with Gasteiger partial charge in [0.15, 0.2) is 0 Å². The molecule has 2 atom stereocenters. The van der Waals surface area contributed by atoms with Crippen LogP contribution in [0, 0.1) is 5.92 Å². The number of nitrogens with zero attached hydrogens (tertiary/aromatic N) is 1. The van der Waals surface area contributed by atoms with Gasteiger partial charge in [0, 0.05) is 12.6 Å². The van der Waals surface area contributed by atoms with Gasteiger partial charge in [-0.3, -0.25) is 4.90 Å². The number of likely N-dealkylation sites (tertiary alicyclic amines) is 1. The molecule has 1 aliphatic rings. The van der Waals surface area contributed by atoms with Crippen molar-refractivity contribution < 1.29 is 4.39 Å². The van der Waals surface area contributed by atoms with E-state index < -0.39 is 5.67 Å². The van der Waals surface area contributed by atoms with Crippen molar-refractivity contribution in [1.29, 1.82) is 0 Å². The van der Waals surface area contributed by atoms with Crippen molar-refractivity contribution in [1.82, 2.24) is 4.90 Å². The van der Waals surface area contributed by atoms with Gasteiger partial charge in [-0.1, -0.05) is 19.6 Å². The Morgan fingerprint density at radius 1 is 1.64 bits per heavy atom. The zero-order valence-corrected chi connectivity index (χ0v) is 9.59. The van der Waals surface area contributed by atoms with Crippen molar-refractivity contribution >= 4 is 0 Å². The summed E-state index contributed by atoms with van der Waals surface area (Å²) in [6.07, 6.45) is 3.38. The maximum atomic E-state index is 14.4. The van der Waals surface area contributed by atoms with E-state index in [0.717, 1.165) is 19.4 Å². The molecular weight excluding hydrogens is 177 g/mol. The Labute approximate surface area is 87.0 Å². The van der Waals surface area contributed by atoms with Crippen LogP contribution in [0.15, 0.2) is 12.7 Å². The highest BCUT2D eigenvalue weighted by atomic mass is 19.1. The van der Waals surface area contributed by atoms with E-state index in [0.29, 0.717) is 12.6 Å². The Morgan fingerprint density at radius 3 is 2.71 bits per heavy atom. The summed E-state index contributed by atoms with van der Waals surface area (Å²) in [5.41, 5.74) is -1.17. The second-order valence-electron chi connectivity index (χ2n) is 4.59. The fourth-order valence-corrected chi connectivity index (χ4v) is 2.30. The fourth-order valence-electron chi connectivity index (χ4n) is 2.30. The molecule has 1 aliphatic heterocycles. The van der Waals surface area contributed by atoms with Crippen molar-refractivity contribution in [3.05, 3.63) is 12.7 Å². The predicted octanol–water partition coefficient (Wildman–Crippen LogP) is 3.02. The molecule has 0 amide bonds. The molecule has 1 saturated heterocycles. The number of alkyl halides is 1. The monoisotopic (exact) mass is 199 g/mol. The van der Waals surface area contributed by atoms with Crippen LogP contribution in [-0.2, 0) is 0 Å². The Hall–Kier alpha value is -0.370. The van der Waals surface area contributed by atoms with E-state index >= 15 is 0 Å². The van der Waals surface area contributed by atoms with E-state index in [-0.39, 0.29) is 5.92 Å². The average Bonchev–Trinajstić information content (AvgIpc) is 2.17. The quantitative estimate of drug-likeness (QED) is 0.631. The van der Waals surface area contributed by atoms with E-state index in [9.17, 15) is 4.39 Å². The molecule has 2 heteroatoms. The molecule has 0 saturated carbocycles. The first kappa shape index (κ1) is 11.7. The maximum absolute atomic E-state index is 14.4. The zero-order chi connectivity index (χ0) is 10.8. The number of halogens is 1. The van der Waals surface area contributed by atoms with E-state index in [1.165, 1.54) is 6.08 Å². The predicted molar refractivity (Wildman–Crippen MR) is 59.1 cm³/mol. The van der Waals surface area contributed by atoms with Crippen LogP contribution in [0.4, 0.5) is 4.39 Å². The lowest BCUT2D eigenvalue weighted by molar-refractivity contribution is 0.0122. The topological polar surface area (TPSA) is 3.24 Å². The summed E-state index contributed by atoms with van der Waals surface area (Å²) in [7, 11) is 0. The molecule has 0 N–H and O–H groups in total. The summed E-state index contributed by atoms with van der Waals surface area (Å²) < 4.78 is 14.4. The van der Waals surface area contributed by atoms with Gasteiger partial charge < -0.3 is 0 Å². The molecule has 1 nitrogen and oxygen atoms in total. The Morgan fingerprint density at radius 2 is 2.29 bits per heavy atom. The standard InChI is InChI=1S/C12H22FN/c1-5-11-7-8-14(10(3)4)9-12(11,13)6-2/h6,10-11H,2,5,7-9H2,1,3-4H3. The number of rotatable bonds is 3. The molecule has 1 heterocycles. The Bertz CT molecular complexity index is 202. The van der Waals surface area contributed by atoms with Crippen LogP contribution in [0.3, 0.4) is 0 Å². The summed E-state index contributed by atoms with van der Waals surface area (Å²) in [5, 5.41) is 0. The van der Waals surface area contributed by atoms with Crippen LogP contribution >= 0.6 is 0 Å². The first-order valence-electron chi connectivity index (χ1n) is 5.60. The van der Waals surface area contributed by atoms with Gasteiger partial charge in [-0.05, 0) is 39.2 Å². The van der Waals surface area contributed by atoms with Crippen molar-refractivity contribution in [2.45, 2.75) is 45.3 Å². The molecule has 0 radical (unpaired) electrons. The second kappa shape index (κ2) is 4.43. The van der Waals surface area contributed by atoms with Crippen molar-refractivity contribution in [3.63, 3.8) is 0 Å². The third-order valence-electron chi connectivity index (χ3n) is 3.45. The van der Waals surface area contributed by atoms with E-state index in [1.54, 1.807) is 0 Å². The smallest absolute Gasteiger partial charge is 0.144 e. The van der Waals surface area contributed by atoms with Gasteiger partial charge >= 0.3 is 0 Å². The van der Waals surface area contributed by atoms with Gasteiger partial charge in [-0.15, -0.1) is 0 Å². The molecular formula is C12H22FN. The second-order valence-corrected chi connectivity index (χ2v) is 4.59. The van der Waals surface area contributed by atoms with Gasteiger partial charge in [0.2, 0.25) is 0 Å². The third kappa shape index (κ3) is 2.17. The largest absolute Gasteiger partial charge is 0.297 e. The molecule has 0 aromatic carbocycles. The van der Waals surface area contributed by atoms with Crippen molar-refractivity contribution in [2.24, 2.45) is 5.92 Å². The molecule has 0 spiro atoms. The summed E-state index contributed by atoms with van der Waals surface area (Å²) in [4.78, 5) is 2.20. The molecule has 14 heavy (non-hydrogen) atoms. The lowest BCUT2D eigenvalue weighted by Crippen LogP contribution is -2.51. The third-order valence-corrected chi connectivity index (χ3v) is 3.45. The molecule has 1 fully saturated rings. The fraction of sp³-hybridized carbons (Fsp3) is 0.833. The van der Waals surface area contributed by atoms with Crippen molar-refractivity contribution in [2.75, 3.05) is 13.1 Å². The first-order chi connectivity index (χ1) is 6.53. The van der Waals surface area contributed by atoms with Crippen molar-refractivity contribution in [3.8, 4) is 0 Å². The van der Waals surface area contributed by atoms with Gasteiger partial charge in [0.25, 0.3) is 0 Å². The Balaban J connectivity index is 2.72. The Kier molecular flexibility index (Phi) is 3.71. The highest BCUT2D eigenvalue weighted by molar-refractivity contribution is 5.05. The van der Waals surface area contributed by atoms with Crippen LogP contribution in [0.5, 0.6) is 0 Å². The average molecular weight is 199 g/mol. The minimum Gasteiger partial charge on any atom is -0.297 e. The lowest BCUT2D eigenvalue weighted by atomic mass is 9.80. The maximum Gasteiger partial charge on any atom is 0.144 e. The zero-order valence-electron chi connectivity index (χ0n) is 9.59. The van der Waals surface area contributed by atoms with Crippen LogP contribution in [0.25, 0.3) is 0 Å². The van der Waals surface area contributed by atoms with Crippen LogP contribution in [0.2, 0.25) is 0 Å². The lowest BCUT2D eigenvalue weighted by Gasteiger charge is -2.43. The number of piperidine rings is 1. The normalized spacial score (nSPS) is 34.8. The molecule has 1 rings (SSSR count). The summed E-state index contributed by atoms with van der Waals surface area (Å²) in [5.74, 6) is 0.162. The van der Waals surface area contributed by atoms with Crippen LogP contribution < -0.4 is 0 Å². The molecule has 0 aliphatic carbocycles. The van der Waals surface area contributed by atoms with Gasteiger partial charge in [0.05, 0.1) is 0 Å². The van der Waals surface area contributed by atoms with E-state index in [4.69, 9.17) is 0 Å². The molecule has 0 bridgehead atoms. The summed E-state index contributed by atoms with van der Waals surface area (Å²) in [6.45, 7) is 11.5. The molecule has 82 valence electrons. The highest BCUT2D eigenvalue weighted by Gasteiger charge is 2.40. The van der Waals surface area contributed by atoms with Crippen LogP contribution in [-0.4, -0.2) is 29.7 Å². The summed E-state index contributed by atoms with van der Waals surface area (Å²) in [6, 6.07) is 0.433. The first-order valence-corrected chi connectivity index (χ1v) is 5.60. The van der Waals surface area contributed by atoms with E-state index in [2.05, 4.69) is 32.3 Å².